The van der Waals surface area contributed by atoms with Crippen molar-refractivity contribution in [1.82, 2.24) is 5.43 Å². The average molecular weight is 315 g/mol. The van der Waals surface area contributed by atoms with Gasteiger partial charge in [-0.1, -0.05) is 6.07 Å². The molecule has 0 aromatic heterocycles. The summed E-state index contributed by atoms with van der Waals surface area (Å²) in [6.45, 7) is 1.99. The van der Waals surface area contributed by atoms with Crippen molar-refractivity contribution < 1.29 is 14.3 Å². The number of carbonyl (C=O) groups is 2. The van der Waals surface area contributed by atoms with Crippen LogP contribution in [0.5, 0.6) is 0 Å². The van der Waals surface area contributed by atoms with Crippen LogP contribution in [0.4, 0.5) is 10.5 Å². The first-order valence-electron chi connectivity index (χ1n) is 8.12. The third kappa shape index (κ3) is 3.36. The molecule has 0 spiro atoms. The summed E-state index contributed by atoms with van der Waals surface area (Å²) in [5.41, 5.74) is 8.51. The zero-order valence-corrected chi connectivity index (χ0v) is 13.3. The lowest BCUT2D eigenvalue weighted by Gasteiger charge is -2.15. The van der Waals surface area contributed by atoms with Crippen LogP contribution in [0.25, 0.3) is 0 Å². The van der Waals surface area contributed by atoms with Gasteiger partial charge in [-0.2, -0.15) is 5.10 Å². The second kappa shape index (κ2) is 6.81. The van der Waals surface area contributed by atoms with Gasteiger partial charge >= 0.3 is 12.0 Å². The first kappa shape index (κ1) is 15.5. The van der Waals surface area contributed by atoms with Crippen LogP contribution in [0.1, 0.15) is 42.0 Å². The molecule has 0 unspecified atom stereocenters. The van der Waals surface area contributed by atoms with Crippen molar-refractivity contribution in [2.24, 2.45) is 5.10 Å². The Morgan fingerprint density at radius 1 is 1.17 bits per heavy atom. The number of aryl methyl sites for hydroxylation is 2. The van der Waals surface area contributed by atoms with Crippen LogP contribution >= 0.6 is 0 Å². The fourth-order valence-corrected chi connectivity index (χ4v) is 3.43. The quantitative estimate of drug-likeness (QED) is 0.508. The molecule has 2 aliphatic carbocycles. The number of hydrogen-bond donors (Lipinski definition) is 2. The summed E-state index contributed by atoms with van der Waals surface area (Å²) in [6, 6.07) is 1.88. The zero-order valence-electron chi connectivity index (χ0n) is 13.3. The monoisotopic (exact) mass is 315 g/mol. The molecule has 2 N–H and O–H groups in total. The second-order valence-corrected chi connectivity index (χ2v) is 5.81. The lowest BCUT2D eigenvalue weighted by atomic mass is 9.99. The van der Waals surface area contributed by atoms with Crippen molar-refractivity contribution in [3.05, 3.63) is 28.3 Å². The SMILES string of the molecule is CCOC(=O)/C=N/NC(=O)Nc1c2c(cc3c1CCC3)CCC2. The van der Waals surface area contributed by atoms with E-state index in [-0.39, 0.29) is 6.61 Å². The third-order valence-corrected chi connectivity index (χ3v) is 4.33. The smallest absolute Gasteiger partial charge is 0.351 e. The number of amides is 2. The summed E-state index contributed by atoms with van der Waals surface area (Å²) in [5.74, 6) is -0.575. The number of urea groups is 1. The van der Waals surface area contributed by atoms with E-state index in [4.69, 9.17) is 4.74 Å². The van der Waals surface area contributed by atoms with Gasteiger partial charge in [0.05, 0.1) is 6.61 Å². The van der Waals surface area contributed by atoms with Crippen LogP contribution < -0.4 is 10.7 Å². The van der Waals surface area contributed by atoms with Crippen LogP contribution in [0.2, 0.25) is 0 Å². The molecule has 0 radical (unpaired) electrons. The first-order valence-corrected chi connectivity index (χ1v) is 8.12. The maximum atomic E-state index is 12.1. The number of fused-ring (bicyclic) bond motifs is 2. The highest BCUT2D eigenvalue weighted by Gasteiger charge is 2.24. The standard InChI is InChI=1S/C17H21N3O3/c1-2-23-15(21)10-18-20-17(22)19-16-13-7-3-5-11(13)9-12-6-4-8-14(12)16/h9-10H,2-8H2,1H3,(H2,19,20,22)/b18-10+. The maximum absolute atomic E-state index is 12.1. The predicted octanol–water partition coefficient (Wildman–Crippen LogP) is 2.33. The number of anilines is 1. The van der Waals surface area contributed by atoms with Gasteiger partial charge in [0.25, 0.3) is 0 Å². The van der Waals surface area contributed by atoms with E-state index in [0.29, 0.717) is 0 Å². The van der Waals surface area contributed by atoms with E-state index in [2.05, 4.69) is 21.9 Å². The van der Waals surface area contributed by atoms with E-state index in [1.165, 1.54) is 22.3 Å². The van der Waals surface area contributed by atoms with E-state index in [1.807, 2.05) is 0 Å². The maximum Gasteiger partial charge on any atom is 0.351 e. The Morgan fingerprint density at radius 3 is 2.43 bits per heavy atom. The van der Waals surface area contributed by atoms with Gasteiger partial charge in [0.2, 0.25) is 0 Å². The second-order valence-electron chi connectivity index (χ2n) is 5.81. The lowest BCUT2D eigenvalue weighted by molar-refractivity contribution is -0.134. The van der Waals surface area contributed by atoms with E-state index in [9.17, 15) is 9.59 Å². The zero-order chi connectivity index (χ0) is 16.2. The number of ether oxygens (including phenoxy) is 1. The predicted molar refractivity (Wildman–Crippen MR) is 87.8 cm³/mol. The van der Waals surface area contributed by atoms with E-state index in [0.717, 1.165) is 50.4 Å². The molecule has 23 heavy (non-hydrogen) atoms. The molecular formula is C17H21N3O3. The molecule has 0 saturated heterocycles. The Kier molecular flexibility index (Phi) is 4.60. The van der Waals surface area contributed by atoms with Crippen molar-refractivity contribution in [2.45, 2.75) is 45.4 Å². The molecule has 0 heterocycles. The van der Waals surface area contributed by atoms with Gasteiger partial charge in [-0.15, -0.1) is 0 Å². The molecule has 0 saturated carbocycles. The Morgan fingerprint density at radius 2 is 1.83 bits per heavy atom. The van der Waals surface area contributed by atoms with Gasteiger partial charge in [-0.3, -0.25) is 0 Å². The van der Waals surface area contributed by atoms with Crippen LogP contribution in [0.3, 0.4) is 0 Å². The van der Waals surface area contributed by atoms with E-state index >= 15 is 0 Å². The number of esters is 1. The number of nitrogens with zero attached hydrogens (tertiary/aromatic N) is 1. The highest BCUT2D eigenvalue weighted by Crippen LogP contribution is 2.38. The van der Waals surface area contributed by atoms with Crippen molar-refractivity contribution in [3.8, 4) is 0 Å². The Bertz CT molecular complexity index is 635. The van der Waals surface area contributed by atoms with Gasteiger partial charge in [0, 0.05) is 5.69 Å². The fraction of sp³-hybridized carbons (Fsp3) is 0.471. The van der Waals surface area contributed by atoms with E-state index < -0.39 is 12.0 Å². The minimum atomic E-state index is -0.575. The number of hydrazone groups is 1. The number of hydrogen-bond acceptors (Lipinski definition) is 4. The van der Waals surface area contributed by atoms with Crippen molar-refractivity contribution in [2.75, 3.05) is 11.9 Å². The highest BCUT2D eigenvalue weighted by molar-refractivity contribution is 6.23. The highest BCUT2D eigenvalue weighted by atomic mass is 16.5. The van der Waals surface area contributed by atoms with Crippen LogP contribution in [-0.4, -0.2) is 24.8 Å². The van der Waals surface area contributed by atoms with Gasteiger partial charge in [0.1, 0.15) is 6.21 Å². The first-order chi connectivity index (χ1) is 11.2. The molecule has 122 valence electrons. The minimum absolute atomic E-state index is 0.277. The summed E-state index contributed by atoms with van der Waals surface area (Å²) >= 11 is 0. The molecule has 1 aromatic rings. The molecule has 6 heteroatoms. The van der Waals surface area contributed by atoms with E-state index in [1.54, 1.807) is 6.92 Å². The Labute approximate surface area is 135 Å². The van der Waals surface area contributed by atoms with Crippen LogP contribution in [-0.2, 0) is 35.2 Å². The summed E-state index contributed by atoms with van der Waals surface area (Å²) in [5, 5.41) is 6.54. The van der Waals surface area contributed by atoms with Gasteiger partial charge in [-0.05, 0) is 67.7 Å². The summed E-state index contributed by atoms with van der Waals surface area (Å²) < 4.78 is 4.70. The van der Waals surface area contributed by atoms with Crippen LogP contribution in [0.15, 0.2) is 11.2 Å². The average Bonchev–Trinajstić information content (AvgIpc) is 3.15. The molecule has 6 nitrogen and oxygen atoms in total. The number of rotatable bonds is 4. The molecule has 2 amide bonds. The number of benzene rings is 1. The van der Waals surface area contributed by atoms with Gasteiger partial charge < -0.3 is 10.1 Å². The molecular weight excluding hydrogens is 294 g/mol. The summed E-state index contributed by atoms with van der Waals surface area (Å²) in [7, 11) is 0. The largest absolute Gasteiger partial charge is 0.462 e. The summed E-state index contributed by atoms with van der Waals surface area (Å²) in [4.78, 5) is 23.2. The van der Waals surface area contributed by atoms with Gasteiger partial charge in [-0.25, -0.2) is 15.0 Å². The molecule has 0 atom stereocenters. The Balaban J connectivity index is 1.71. The molecule has 0 fully saturated rings. The van der Waals surface area contributed by atoms with Crippen molar-refractivity contribution >= 4 is 23.9 Å². The normalized spacial score (nSPS) is 15.3. The third-order valence-electron chi connectivity index (χ3n) is 4.33. The molecule has 2 aliphatic rings. The number of carbonyl (C=O) groups excluding carboxylic acids is 2. The molecule has 0 aliphatic heterocycles. The van der Waals surface area contributed by atoms with Crippen molar-refractivity contribution in [1.29, 1.82) is 0 Å². The topological polar surface area (TPSA) is 79.8 Å². The fourth-order valence-electron chi connectivity index (χ4n) is 3.43. The number of nitrogens with one attached hydrogen (secondary N) is 2. The van der Waals surface area contributed by atoms with Crippen LogP contribution in [0, 0.1) is 0 Å². The lowest BCUT2D eigenvalue weighted by Crippen LogP contribution is -2.26. The minimum Gasteiger partial charge on any atom is -0.462 e. The molecule has 0 bridgehead atoms. The summed E-state index contributed by atoms with van der Waals surface area (Å²) in [6.07, 6.45) is 7.41. The molecule has 3 rings (SSSR count). The van der Waals surface area contributed by atoms with Gasteiger partial charge in [0.15, 0.2) is 0 Å². The van der Waals surface area contributed by atoms with Crippen molar-refractivity contribution in [3.63, 3.8) is 0 Å². The Hall–Kier alpha value is -2.37. The molecule has 1 aromatic carbocycles.